The lowest BCUT2D eigenvalue weighted by molar-refractivity contribution is -0.137. The Balaban J connectivity index is 1.69. The van der Waals surface area contributed by atoms with Gasteiger partial charge in [-0.1, -0.05) is 84.0 Å². The highest BCUT2D eigenvalue weighted by Gasteiger charge is 2.44. The van der Waals surface area contributed by atoms with Gasteiger partial charge in [0.1, 0.15) is 11.5 Å². The lowest BCUT2D eigenvalue weighted by Gasteiger charge is -2.19. The Labute approximate surface area is 184 Å². The number of phenolic OH excluding ortho intramolecular Hbond substituents is 1. The summed E-state index contributed by atoms with van der Waals surface area (Å²) in [7, 11) is 0. The van der Waals surface area contributed by atoms with Gasteiger partial charge in [0.15, 0.2) is 0 Å². The fraction of sp³-hybridized carbons (Fsp3) is 0.741. The van der Waals surface area contributed by atoms with Gasteiger partial charge in [0.05, 0.1) is 5.41 Å². The highest BCUT2D eigenvalue weighted by Crippen LogP contribution is 2.48. The molecule has 0 radical (unpaired) electrons. The highest BCUT2D eigenvalue weighted by molar-refractivity contribution is 5.92. The van der Waals surface area contributed by atoms with E-state index in [4.69, 9.17) is 4.74 Å². The van der Waals surface area contributed by atoms with Gasteiger partial charge in [0.2, 0.25) is 0 Å². The van der Waals surface area contributed by atoms with Crippen LogP contribution in [0.25, 0.3) is 0 Å². The van der Waals surface area contributed by atoms with Gasteiger partial charge in [-0.3, -0.25) is 4.79 Å². The van der Waals surface area contributed by atoms with Crippen molar-refractivity contribution in [3.05, 3.63) is 22.3 Å². The first-order valence-corrected chi connectivity index (χ1v) is 12.4. The molecular formula is C27H44O3. The number of rotatable bonds is 14. The quantitative estimate of drug-likeness (QED) is 0.191. The van der Waals surface area contributed by atoms with E-state index in [1.165, 1.54) is 77.0 Å². The van der Waals surface area contributed by atoms with Crippen LogP contribution < -0.4 is 4.74 Å². The number of benzene rings is 1. The van der Waals surface area contributed by atoms with Gasteiger partial charge in [0.25, 0.3) is 0 Å². The maximum absolute atomic E-state index is 12.3. The van der Waals surface area contributed by atoms with Crippen LogP contribution in [0.4, 0.5) is 0 Å². The Morgan fingerprint density at radius 1 is 0.767 bits per heavy atom. The first-order chi connectivity index (χ1) is 14.3. The van der Waals surface area contributed by atoms with Crippen LogP contribution in [0.3, 0.4) is 0 Å². The Morgan fingerprint density at radius 3 is 1.73 bits per heavy atom. The molecule has 30 heavy (non-hydrogen) atoms. The number of hydrogen-bond donors (Lipinski definition) is 1. The van der Waals surface area contributed by atoms with E-state index in [2.05, 4.69) is 6.92 Å². The number of carbonyl (C=O) groups is 1. The van der Waals surface area contributed by atoms with Gasteiger partial charge in [-0.25, -0.2) is 0 Å². The normalized spacial score (nSPS) is 14.8. The first kappa shape index (κ1) is 24.8. The van der Waals surface area contributed by atoms with E-state index in [0.29, 0.717) is 11.5 Å². The van der Waals surface area contributed by atoms with Gasteiger partial charge >= 0.3 is 5.97 Å². The molecule has 1 N–H and O–H groups in total. The molecule has 0 unspecified atom stereocenters. The second-order valence-corrected chi connectivity index (χ2v) is 9.79. The number of aromatic hydroxyl groups is 1. The highest BCUT2D eigenvalue weighted by atomic mass is 16.5. The molecule has 0 saturated carbocycles. The van der Waals surface area contributed by atoms with Crippen LogP contribution in [-0.2, 0) is 16.6 Å². The third-order valence-corrected chi connectivity index (χ3v) is 6.90. The van der Waals surface area contributed by atoms with E-state index in [1.807, 2.05) is 27.7 Å². The smallest absolute Gasteiger partial charge is 0.321 e. The summed E-state index contributed by atoms with van der Waals surface area (Å²) in [4.78, 5) is 12.3. The average molecular weight is 417 g/mol. The molecule has 0 bridgehead atoms. The minimum Gasteiger partial charge on any atom is -0.507 e. The second kappa shape index (κ2) is 11.8. The van der Waals surface area contributed by atoms with Crippen LogP contribution in [-0.4, -0.2) is 11.1 Å². The van der Waals surface area contributed by atoms with Crippen molar-refractivity contribution in [2.24, 2.45) is 0 Å². The van der Waals surface area contributed by atoms with Gasteiger partial charge < -0.3 is 9.84 Å². The van der Waals surface area contributed by atoms with Crippen molar-refractivity contribution < 1.29 is 14.6 Å². The summed E-state index contributed by atoms with van der Waals surface area (Å²) in [5, 5.41) is 10.8. The zero-order valence-corrected chi connectivity index (χ0v) is 20.2. The van der Waals surface area contributed by atoms with Crippen LogP contribution in [0.1, 0.15) is 126 Å². The van der Waals surface area contributed by atoms with Crippen LogP contribution in [0.5, 0.6) is 11.5 Å². The number of carbonyl (C=O) groups excluding carboxylic acids is 1. The molecule has 0 atom stereocenters. The standard InChI is InChI=1S/C27H44O3/c1-6-7-8-9-10-11-12-13-14-15-16-17-18-19-22-20(2)25-23(21(3)24(22)28)27(4,5)26(29)30-25/h28H,6-19H2,1-5H3. The zero-order chi connectivity index (χ0) is 22.1. The molecule has 1 aliphatic heterocycles. The Hall–Kier alpha value is -1.51. The number of esters is 1. The van der Waals surface area contributed by atoms with E-state index >= 15 is 0 Å². The molecule has 0 fully saturated rings. The molecule has 170 valence electrons. The fourth-order valence-electron chi connectivity index (χ4n) is 4.85. The van der Waals surface area contributed by atoms with Crippen molar-refractivity contribution in [1.82, 2.24) is 0 Å². The molecular weight excluding hydrogens is 372 g/mol. The number of phenols is 1. The lowest BCUT2D eigenvalue weighted by atomic mass is 9.80. The molecule has 0 saturated heterocycles. The number of ether oxygens (including phenoxy) is 1. The van der Waals surface area contributed by atoms with Crippen LogP contribution in [0.15, 0.2) is 0 Å². The maximum atomic E-state index is 12.3. The summed E-state index contributed by atoms with van der Waals surface area (Å²) < 4.78 is 5.60. The van der Waals surface area contributed by atoms with Crippen LogP contribution >= 0.6 is 0 Å². The van der Waals surface area contributed by atoms with Crippen molar-refractivity contribution in [2.45, 2.75) is 130 Å². The number of hydrogen-bond acceptors (Lipinski definition) is 3. The Bertz CT molecular complexity index is 703. The molecule has 0 spiro atoms. The molecule has 1 aromatic rings. The van der Waals surface area contributed by atoms with Gasteiger partial charge in [-0.2, -0.15) is 0 Å². The summed E-state index contributed by atoms with van der Waals surface area (Å²) in [6.45, 7) is 9.90. The molecule has 1 aromatic carbocycles. The van der Waals surface area contributed by atoms with Gasteiger partial charge in [-0.15, -0.1) is 0 Å². The van der Waals surface area contributed by atoms with E-state index in [-0.39, 0.29) is 5.97 Å². The third-order valence-electron chi connectivity index (χ3n) is 6.90. The van der Waals surface area contributed by atoms with Crippen molar-refractivity contribution in [1.29, 1.82) is 0 Å². The topological polar surface area (TPSA) is 46.5 Å². The van der Waals surface area contributed by atoms with E-state index < -0.39 is 5.41 Å². The summed E-state index contributed by atoms with van der Waals surface area (Å²) in [5.41, 5.74) is 2.87. The predicted molar refractivity (Wildman–Crippen MR) is 126 cm³/mol. The molecule has 0 amide bonds. The maximum Gasteiger partial charge on any atom is 0.321 e. The van der Waals surface area contributed by atoms with Crippen molar-refractivity contribution in [3.63, 3.8) is 0 Å². The molecule has 2 rings (SSSR count). The summed E-state index contributed by atoms with van der Waals surface area (Å²) in [6, 6.07) is 0. The van der Waals surface area contributed by atoms with Gasteiger partial charge in [-0.05, 0) is 51.7 Å². The van der Waals surface area contributed by atoms with E-state index in [1.54, 1.807) is 0 Å². The molecule has 1 heterocycles. The molecule has 3 heteroatoms. The largest absolute Gasteiger partial charge is 0.507 e. The second-order valence-electron chi connectivity index (χ2n) is 9.79. The first-order valence-electron chi connectivity index (χ1n) is 12.4. The molecule has 1 aliphatic rings. The monoisotopic (exact) mass is 416 g/mol. The minimum absolute atomic E-state index is 0.221. The SMILES string of the molecule is CCCCCCCCCCCCCCCc1c(C)c2c(c(C)c1O)C(C)(C)C(=O)O2. The minimum atomic E-state index is -0.685. The van der Waals surface area contributed by atoms with Crippen LogP contribution in [0, 0.1) is 13.8 Å². The molecule has 0 aromatic heterocycles. The predicted octanol–water partition coefficient (Wildman–Crippen LogP) is 7.84. The third kappa shape index (κ3) is 6.02. The zero-order valence-electron chi connectivity index (χ0n) is 20.2. The average Bonchev–Trinajstić information content (AvgIpc) is 2.95. The van der Waals surface area contributed by atoms with E-state index in [0.717, 1.165) is 35.1 Å². The summed E-state index contributed by atoms with van der Waals surface area (Å²) in [5.74, 6) is 0.822. The van der Waals surface area contributed by atoms with Crippen molar-refractivity contribution in [2.75, 3.05) is 0 Å². The lowest BCUT2D eigenvalue weighted by Crippen LogP contribution is -2.26. The molecule has 3 nitrogen and oxygen atoms in total. The van der Waals surface area contributed by atoms with Crippen molar-refractivity contribution in [3.8, 4) is 11.5 Å². The number of unbranched alkanes of at least 4 members (excludes halogenated alkanes) is 12. The van der Waals surface area contributed by atoms with E-state index in [9.17, 15) is 9.90 Å². The Morgan fingerprint density at radius 2 is 1.23 bits per heavy atom. The van der Waals surface area contributed by atoms with Crippen LogP contribution in [0.2, 0.25) is 0 Å². The number of fused-ring (bicyclic) bond motifs is 1. The molecule has 0 aliphatic carbocycles. The van der Waals surface area contributed by atoms with Gasteiger partial charge in [0, 0.05) is 11.1 Å². The fourth-order valence-corrected chi connectivity index (χ4v) is 4.85. The Kier molecular flexibility index (Phi) is 9.71. The van der Waals surface area contributed by atoms with Crippen molar-refractivity contribution >= 4 is 5.97 Å². The summed E-state index contributed by atoms with van der Waals surface area (Å²) >= 11 is 0. The summed E-state index contributed by atoms with van der Waals surface area (Å²) in [6.07, 6.45) is 18.2.